The summed E-state index contributed by atoms with van der Waals surface area (Å²) in [6, 6.07) is 62.4. The molecule has 0 spiro atoms. The Kier molecular flexibility index (Phi) is 18.1. The van der Waals surface area contributed by atoms with E-state index in [4.69, 9.17) is 0 Å². The number of fused-ring (bicyclic) bond motifs is 3. The Hall–Kier alpha value is -5.86. The molecule has 0 bridgehead atoms. The molecular weight excluding hydrogens is 833 g/mol. The smallest absolute Gasteiger partial charge is 0.0463 e. The number of hydrogen-bond donors (Lipinski definition) is 1. The molecule has 0 amide bonds. The van der Waals surface area contributed by atoms with Crippen LogP contribution in [-0.2, 0) is 18.3 Å². The molecule has 2 heteroatoms. The van der Waals surface area contributed by atoms with Gasteiger partial charge in [0.15, 0.2) is 0 Å². The number of unbranched alkanes of at least 4 members (excludes halogenated alkanes) is 12. The second-order valence-corrected chi connectivity index (χ2v) is 20.1. The maximum atomic E-state index is 3.65. The van der Waals surface area contributed by atoms with E-state index in [1.807, 2.05) is 0 Å². The third kappa shape index (κ3) is 12.5. The summed E-state index contributed by atoms with van der Waals surface area (Å²) < 4.78 is 0. The molecule has 1 aliphatic rings. The van der Waals surface area contributed by atoms with Crippen molar-refractivity contribution in [3.63, 3.8) is 0 Å². The van der Waals surface area contributed by atoms with Gasteiger partial charge in [-0.15, -0.1) is 0 Å². The van der Waals surface area contributed by atoms with Crippen molar-refractivity contribution < 1.29 is 0 Å². The van der Waals surface area contributed by atoms with Gasteiger partial charge in [0.05, 0.1) is 0 Å². The molecule has 69 heavy (non-hydrogen) atoms. The SMILES string of the molecule is CCCCCCCCC1(CCCCCCCC)c2cc(-c3ccccc3)ccc2-c2ccc(-c3ccc(N(c4ccc(CCCC)cc4)c4ccc(Nc5ccc(CCCC)cc5)cc4)cc3)cc21. The van der Waals surface area contributed by atoms with Gasteiger partial charge < -0.3 is 10.2 Å². The number of nitrogens with zero attached hydrogens (tertiary/aromatic N) is 1. The molecule has 0 atom stereocenters. The molecule has 0 fully saturated rings. The quantitative estimate of drug-likeness (QED) is 0.0517. The third-order valence-electron chi connectivity index (χ3n) is 15.0. The lowest BCUT2D eigenvalue weighted by atomic mass is 9.70. The van der Waals surface area contributed by atoms with Crippen LogP contribution in [0.1, 0.15) is 166 Å². The molecule has 2 nitrogen and oxygen atoms in total. The van der Waals surface area contributed by atoms with Gasteiger partial charge in [-0.3, -0.25) is 0 Å². The van der Waals surface area contributed by atoms with Crippen LogP contribution in [0.15, 0.2) is 164 Å². The molecule has 0 aliphatic heterocycles. The van der Waals surface area contributed by atoms with Crippen molar-refractivity contribution in [2.45, 2.75) is 162 Å². The minimum Gasteiger partial charge on any atom is -0.356 e. The monoisotopic (exact) mass is 913 g/mol. The second-order valence-electron chi connectivity index (χ2n) is 20.1. The molecule has 0 aromatic heterocycles. The average Bonchev–Trinajstić information content (AvgIpc) is 3.66. The summed E-state index contributed by atoms with van der Waals surface area (Å²) in [4.78, 5) is 2.41. The van der Waals surface area contributed by atoms with E-state index in [0.29, 0.717) is 0 Å². The maximum Gasteiger partial charge on any atom is 0.0463 e. The number of aryl methyl sites for hydroxylation is 2. The van der Waals surface area contributed by atoms with Crippen LogP contribution in [0.2, 0.25) is 0 Å². The topological polar surface area (TPSA) is 15.3 Å². The average molecular weight is 913 g/mol. The standard InChI is InChI=1S/C67H80N2/c1-5-9-13-15-17-22-48-67(49-23-18-16-14-10-6-2)65-50-56(54-26-20-19-21-27-54)34-46-63(65)64-47-35-57(51-66(64)67)55-32-42-61(43-33-55)69(60-40-30-53(31-41-60)25-12-8-4)62-44-38-59(39-45-62)68-58-36-28-52(29-37-58)24-11-7-3/h19-21,26-47,50-51,68H,5-18,22-25,48-49H2,1-4H3. The summed E-state index contributed by atoms with van der Waals surface area (Å²) in [6.45, 7) is 9.18. The van der Waals surface area contributed by atoms with Gasteiger partial charge in [-0.25, -0.2) is 0 Å². The molecule has 7 aromatic rings. The van der Waals surface area contributed by atoms with E-state index in [9.17, 15) is 0 Å². The van der Waals surface area contributed by atoms with Crippen molar-refractivity contribution in [1.82, 2.24) is 0 Å². The molecular formula is C67H80N2. The summed E-state index contributed by atoms with van der Waals surface area (Å²) in [7, 11) is 0. The minimum absolute atomic E-state index is 0.000116. The summed E-state index contributed by atoms with van der Waals surface area (Å²) in [5.74, 6) is 0. The zero-order chi connectivity index (χ0) is 47.7. The normalized spacial score (nSPS) is 12.5. The molecule has 358 valence electrons. The van der Waals surface area contributed by atoms with E-state index in [2.05, 4.69) is 202 Å². The van der Waals surface area contributed by atoms with Gasteiger partial charge in [0, 0.05) is 33.9 Å². The van der Waals surface area contributed by atoms with Gasteiger partial charge in [-0.05, 0) is 167 Å². The number of benzene rings is 7. The molecule has 0 radical (unpaired) electrons. The maximum absolute atomic E-state index is 3.65. The Balaban J connectivity index is 1.12. The van der Waals surface area contributed by atoms with Gasteiger partial charge in [0.25, 0.3) is 0 Å². The Morgan fingerprint density at radius 1 is 0.348 bits per heavy atom. The lowest BCUT2D eigenvalue weighted by molar-refractivity contribution is 0.398. The molecule has 0 heterocycles. The van der Waals surface area contributed by atoms with Gasteiger partial charge in [0.2, 0.25) is 0 Å². The Morgan fingerprint density at radius 3 is 1.20 bits per heavy atom. The van der Waals surface area contributed by atoms with Crippen molar-refractivity contribution in [2.75, 3.05) is 10.2 Å². The van der Waals surface area contributed by atoms with Crippen LogP contribution < -0.4 is 10.2 Å². The van der Waals surface area contributed by atoms with Crippen LogP contribution in [0.25, 0.3) is 33.4 Å². The van der Waals surface area contributed by atoms with E-state index in [-0.39, 0.29) is 5.41 Å². The van der Waals surface area contributed by atoms with Crippen molar-refractivity contribution >= 4 is 28.4 Å². The largest absolute Gasteiger partial charge is 0.356 e. The van der Waals surface area contributed by atoms with Crippen molar-refractivity contribution in [3.8, 4) is 33.4 Å². The van der Waals surface area contributed by atoms with Crippen LogP contribution in [0.5, 0.6) is 0 Å². The first-order valence-corrected chi connectivity index (χ1v) is 27.3. The fourth-order valence-corrected chi connectivity index (χ4v) is 11.0. The zero-order valence-corrected chi connectivity index (χ0v) is 42.7. The second kappa shape index (κ2) is 25.1. The van der Waals surface area contributed by atoms with E-state index >= 15 is 0 Å². The van der Waals surface area contributed by atoms with Crippen LogP contribution >= 0.6 is 0 Å². The van der Waals surface area contributed by atoms with Crippen LogP contribution in [0, 0.1) is 0 Å². The number of anilines is 5. The predicted molar refractivity (Wildman–Crippen MR) is 301 cm³/mol. The Labute approximate surface area is 417 Å². The summed E-state index contributed by atoms with van der Waals surface area (Å²) in [5.41, 5.74) is 19.7. The number of rotatable bonds is 27. The van der Waals surface area contributed by atoms with Crippen LogP contribution in [0.3, 0.4) is 0 Å². The van der Waals surface area contributed by atoms with Gasteiger partial charge >= 0.3 is 0 Å². The highest BCUT2D eigenvalue weighted by Crippen LogP contribution is 2.56. The van der Waals surface area contributed by atoms with Crippen molar-refractivity contribution in [3.05, 3.63) is 186 Å². The lowest BCUT2D eigenvalue weighted by Gasteiger charge is -2.33. The highest BCUT2D eigenvalue weighted by atomic mass is 15.1. The van der Waals surface area contributed by atoms with E-state index in [0.717, 1.165) is 35.6 Å². The molecule has 1 aliphatic carbocycles. The van der Waals surface area contributed by atoms with Gasteiger partial charge in [-0.1, -0.05) is 209 Å². The van der Waals surface area contributed by atoms with E-state index in [1.165, 1.54) is 166 Å². The highest BCUT2D eigenvalue weighted by molar-refractivity contribution is 5.87. The van der Waals surface area contributed by atoms with Gasteiger partial charge in [-0.2, -0.15) is 0 Å². The van der Waals surface area contributed by atoms with E-state index < -0.39 is 0 Å². The zero-order valence-electron chi connectivity index (χ0n) is 42.7. The third-order valence-corrected chi connectivity index (χ3v) is 15.0. The van der Waals surface area contributed by atoms with Crippen molar-refractivity contribution in [2.24, 2.45) is 0 Å². The van der Waals surface area contributed by atoms with Gasteiger partial charge in [0.1, 0.15) is 0 Å². The first-order valence-electron chi connectivity index (χ1n) is 27.3. The first-order chi connectivity index (χ1) is 34.0. The fourth-order valence-electron chi connectivity index (χ4n) is 11.0. The summed E-state index contributed by atoms with van der Waals surface area (Å²) >= 11 is 0. The molecule has 0 unspecified atom stereocenters. The molecule has 0 saturated carbocycles. The highest BCUT2D eigenvalue weighted by Gasteiger charge is 2.42. The summed E-state index contributed by atoms with van der Waals surface area (Å²) in [6.07, 6.45) is 25.4. The number of hydrogen-bond acceptors (Lipinski definition) is 2. The Morgan fingerprint density at radius 2 is 0.725 bits per heavy atom. The lowest BCUT2D eigenvalue weighted by Crippen LogP contribution is -2.25. The van der Waals surface area contributed by atoms with Crippen LogP contribution in [0.4, 0.5) is 28.4 Å². The van der Waals surface area contributed by atoms with E-state index in [1.54, 1.807) is 11.1 Å². The molecule has 7 aromatic carbocycles. The fraction of sp³-hybridized carbons (Fsp3) is 0.373. The molecule has 8 rings (SSSR count). The molecule has 0 saturated heterocycles. The first kappa shape index (κ1) is 49.6. The number of nitrogens with one attached hydrogen (secondary N) is 1. The van der Waals surface area contributed by atoms with Crippen molar-refractivity contribution in [1.29, 1.82) is 0 Å². The predicted octanol–water partition coefficient (Wildman–Crippen LogP) is 20.7. The van der Waals surface area contributed by atoms with Crippen LogP contribution in [-0.4, -0.2) is 0 Å². The minimum atomic E-state index is 0.000116. The summed E-state index contributed by atoms with van der Waals surface area (Å²) in [5, 5.41) is 3.65. The Bertz CT molecular complexity index is 2590. The molecule has 1 N–H and O–H groups in total.